The number of carbonyl (C=O) groups is 1. The van der Waals surface area contributed by atoms with Gasteiger partial charge in [-0.15, -0.1) is 0 Å². The molecule has 2 aromatic carbocycles. The second-order valence-corrected chi connectivity index (χ2v) is 6.36. The number of hydrogen-bond acceptors (Lipinski definition) is 6. The first-order chi connectivity index (χ1) is 13.6. The molecule has 3 aromatic rings. The van der Waals surface area contributed by atoms with Crippen molar-refractivity contribution in [2.45, 2.75) is 19.4 Å². The highest BCUT2D eigenvalue weighted by Crippen LogP contribution is 2.20. The molecule has 0 aliphatic rings. The molecule has 28 heavy (non-hydrogen) atoms. The van der Waals surface area contributed by atoms with Gasteiger partial charge in [0.1, 0.15) is 17.9 Å². The third-order valence-electron chi connectivity index (χ3n) is 4.29. The number of benzene rings is 2. The number of nitrogens with zero attached hydrogens (tertiary/aromatic N) is 2. The molecular weight excluding hydrogens is 360 g/mol. The normalized spacial score (nSPS) is 12.1. The van der Waals surface area contributed by atoms with Gasteiger partial charge in [0.2, 0.25) is 0 Å². The topological polar surface area (TPSA) is 85.0 Å². The Labute approximate surface area is 163 Å². The molecule has 148 valence electrons. The Bertz CT molecular complexity index is 874. The van der Waals surface area contributed by atoms with Crippen molar-refractivity contribution in [3.63, 3.8) is 0 Å². The van der Waals surface area contributed by atoms with E-state index in [1.807, 2.05) is 60.5 Å². The number of aromatic nitrogens is 1. The molecule has 0 amide bonds. The highest BCUT2D eigenvalue weighted by atomic mass is 16.5. The summed E-state index contributed by atoms with van der Waals surface area (Å²) in [5.74, 6) is -0.234. The summed E-state index contributed by atoms with van der Waals surface area (Å²) in [6, 6.07) is 15.6. The summed E-state index contributed by atoms with van der Waals surface area (Å²) in [4.78, 5) is 17.5. The number of ether oxygens (including phenoxy) is 2. The molecule has 7 nitrogen and oxygen atoms in total. The first-order valence-electron chi connectivity index (χ1n) is 9.19. The van der Waals surface area contributed by atoms with Crippen LogP contribution in [0.5, 0.6) is 5.75 Å². The number of aliphatic carboxylic acids is 1. The first-order valence-corrected chi connectivity index (χ1v) is 9.19. The van der Waals surface area contributed by atoms with Crippen LogP contribution in [0.25, 0.3) is 11.1 Å². The summed E-state index contributed by atoms with van der Waals surface area (Å²) >= 11 is 0. The van der Waals surface area contributed by atoms with E-state index < -0.39 is 12.1 Å². The Hall–Kier alpha value is -3.06. The van der Waals surface area contributed by atoms with Crippen molar-refractivity contribution in [1.29, 1.82) is 0 Å². The predicted octanol–water partition coefficient (Wildman–Crippen LogP) is 3.38. The third-order valence-corrected chi connectivity index (χ3v) is 4.29. The molecule has 1 N–H and O–H groups in total. The van der Waals surface area contributed by atoms with Gasteiger partial charge in [-0.25, -0.2) is 4.79 Å². The summed E-state index contributed by atoms with van der Waals surface area (Å²) < 4.78 is 16.7. The number of likely N-dealkylation sites (N-methyl/N-ethyl adjacent to an activating group) is 1. The van der Waals surface area contributed by atoms with E-state index in [4.69, 9.17) is 19.0 Å². The quantitative estimate of drug-likeness (QED) is 0.573. The van der Waals surface area contributed by atoms with Crippen molar-refractivity contribution in [3.05, 3.63) is 54.1 Å². The highest BCUT2D eigenvalue weighted by Gasteiger charge is 2.17. The number of para-hydroxylation sites is 2. The zero-order chi connectivity index (χ0) is 19.9. The van der Waals surface area contributed by atoms with Crippen molar-refractivity contribution in [1.82, 2.24) is 4.98 Å². The molecule has 1 heterocycles. The maximum absolute atomic E-state index is 11.2. The van der Waals surface area contributed by atoms with Gasteiger partial charge in [-0.3, -0.25) is 0 Å². The van der Waals surface area contributed by atoms with Crippen molar-refractivity contribution in [3.8, 4) is 5.75 Å². The molecule has 3 rings (SSSR count). The Morgan fingerprint density at radius 2 is 1.96 bits per heavy atom. The van der Waals surface area contributed by atoms with E-state index in [2.05, 4.69) is 4.98 Å². The van der Waals surface area contributed by atoms with Crippen LogP contribution in [0.4, 0.5) is 6.01 Å². The molecule has 0 fully saturated rings. The molecule has 0 bridgehead atoms. The van der Waals surface area contributed by atoms with E-state index in [1.54, 1.807) is 6.92 Å². The summed E-state index contributed by atoms with van der Waals surface area (Å²) in [6.07, 6.45) is -0.508. The van der Waals surface area contributed by atoms with Crippen molar-refractivity contribution >= 4 is 23.1 Å². The average molecular weight is 384 g/mol. The number of anilines is 1. The van der Waals surface area contributed by atoms with E-state index >= 15 is 0 Å². The lowest BCUT2D eigenvalue weighted by atomic mass is 10.1. The van der Waals surface area contributed by atoms with Crippen molar-refractivity contribution in [2.75, 3.05) is 31.7 Å². The lowest BCUT2D eigenvalue weighted by Crippen LogP contribution is -2.26. The number of oxazole rings is 1. The van der Waals surface area contributed by atoms with Gasteiger partial charge in [0, 0.05) is 20.1 Å². The minimum Gasteiger partial charge on any atom is -0.492 e. The molecule has 0 saturated carbocycles. The van der Waals surface area contributed by atoms with Gasteiger partial charge in [-0.1, -0.05) is 24.3 Å². The molecule has 0 aliphatic carbocycles. The van der Waals surface area contributed by atoms with Crippen molar-refractivity contribution in [2.24, 2.45) is 0 Å². The molecule has 0 radical (unpaired) electrons. The van der Waals surface area contributed by atoms with E-state index in [0.29, 0.717) is 32.2 Å². The van der Waals surface area contributed by atoms with Gasteiger partial charge in [-0.05, 0) is 36.8 Å². The fourth-order valence-corrected chi connectivity index (χ4v) is 2.77. The van der Waals surface area contributed by atoms with Gasteiger partial charge in [0.25, 0.3) is 6.01 Å². The zero-order valence-electron chi connectivity index (χ0n) is 16.0. The molecule has 0 saturated heterocycles. The second-order valence-electron chi connectivity index (χ2n) is 6.36. The Balaban J connectivity index is 1.49. The van der Waals surface area contributed by atoms with Crippen LogP contribution >= 0.6 is 0 Å². The van der Waals surface area contributed by atoms with E-state index in [-0.39, 0.29) is 0 Å². The Kier molecular flexibility index (Phi) is 6.49. The SMILES string of the molecule is CCO[C@@H](Cc1ccc(OCCN(C)c2nc3ccccc3o2)cc1)C(=O)O. The fraction of sp³-hybridized carbons (Fsp3) is 0.333. The lowest BCUT2D eigenvalue weighted by molar-refractivity contribution is -0.149. The fourth-order valence-electron chi connectivity index (χ4n) is 2.77. The number of rotatable bonds is 10. The Morgan fingerprint density at radius 1 is 1.21 bits per heavy atom. The average Bonchev–Trinajstić information content (AvgIpc) is 3.13. The van der Waals surface area contributed by atoms with E-state index in [1.165, 1.54) is 0 Å². The van der Waals surface area contributed by atoms with Gasteiger partial charge in [0.15, 0.2) is 11.7 Å². The largest absolute Gasteiger partial charge is 0.492 e. The van der Waals surface area contributed by atoms with Gasteiger partial charge in [-0.2, -0.15) is 4.98 Å². The van der Waals surface area contributed by atoms with Crippen LogP contribution in [0.3, 0.4) is 0 Å². The predicted molar refractivity (Wildman–Crippen MR) is 106 cm³/mol. The molecular formula is C21H24N2O5. The van der Waals surface area contributed by atoms with E-state index in [0.717, 1.165) is 22.4 Å². The standard InChI is InChI=1S/C21H24N2O5/c1-3-26-19(20(24)25)14-15-8-10-16(11-9-15)27-13-12-23(2)21-22-17-6-4-5-7-18(17)28-21/h4-11,19H,3,12-14H2,1-2H3,(H,24,25)/t19-/m0/s1. The summed E-state index contributed by atoms with van der Waals surface area (Å²) in [7, 11) is 1.90. The smallest absolute Gasteiger partial charge is 0.333 e. The van der Waals surface area contributed by atoms with Gasteiger partial charge < -0.3 is 23.9 Å². The zero-order valence-corrected chi connectivity index (χ0v) is 16.0. The van der Waals surface area contributed by atoms with Gasteiger partial charge in [0.05, 0.1) is 6.54 Å². The molecule has 0 unspecified atom stereocenters. The number of hydrogen-bond donors (Lipinski definition) is 1. The van der Waals surface area contributed by atoms with E-state index in [9.17, 15) is 4.79 Å². The minimum absolute atomic E-state index is 0.323. The number of carboxylic acid groups (broad SMARTS) is 1. The lowest BCUT2D eigenvalue weighted by Gasteiger charge is -2.15. The maximum Gasteiger partial charge on any atom is 0.333 e. The highest BCUT2D eigenvalue weighted by molar-refractivity contribution is 5.74. The second kappa shape index (κ2) is 9.23. The Morgan fingerprint density at radius 3 is 2.64 bits per heavy atom. The molecule has 0 spiro atoms. The monoisotopic (exact) mass is 384 g/mol. The molecule has 0 aliphatic heterocycles. The van der Waals surface area contributed by atoms with Crippen molar-refractivity contribution < 1.29 is 23.8 Å². The number of carboxylic acids is 1. The number of fused-ring (bicyclic) bond motifs is 1. The molecule has 1 atom stereocenters. The van der Waals surface area contributed by atoms with Crippen LogP contribution in [0.15, 0.2) is 52.9 Å². The minimum atomic E-state index is -0.954. The maximum atomic E-state index is 11.2. The summed E-state index contributed by atoms with van der Waals surface area (Å²) in [5, 5.41) is 9.16. The van der Waals surface area contributed by atoms with Crippen LogP contribution in [-0.4, -0.2) is 49.0 Å². The van der Waals surface area contributed by atoms with Crippen LogP contribution in [0, 0.1) is 0 Å². The summed E-state index contributed by atoms with van der Waals surface area (Å²) in [6.45, 7) is 3.22. The molecule has 7 heteroatoms. The van der Waals surface area contributed by atoms with Gasteiger partial charge >= 0.3 is 5.97 Å². The van der Waals surface area contributed by atoms with Crippen LogP contribution < -0.4 is 9.64 Å². The molecule has 1 aromatic heterocycles. The van der Waals surface area contributed by atoms with Crippen LogP contribution in [-0.2, 0) is 16.0 Å². The van der Waals surface area contributed by atoms with Crippen LogP contribution in [0.1, 0.15) is 12.5 Å². The third kappa shape index (κ3) is 5.01. The first kappa shape index (κ1) is 19.7. The summed E-state index contributed by atoms with van der Waals surface area (Å²) in [5.41, 5.74) is 2.47. The van der Waals surface area contributed by atoms with Crippen LogP contribution in [0.2, 0.25) is 0 Å².